The molecular weight excluding hydrogens is 408 g/mol. The average Bonchev–Trinajstić information content (AvgIpc) is 2.69. The highest BCUT2D eigenvalue weighted by atomic mass is 79.9. The first kappa shape index (κ1) is 15.5. The number of thiophene rings is 1. The zero-order chi connectivity index (χ0) is 14.9. The van der Waals surface area contributed by atoms with Gasteiger partial charge in [-0.25, -0.2) is 0 Å². The summed E-state index contributed by atoms with van der Waals surface area (Å²) in [5.41, 5.74) is 2.62. The van der Waals surface area contributed by atoms with Crippen LogP contribution in [0, 0.1) is 24.0 Å². The van der Waals surface area contributed by atoms with Crippen LogP contribution in [-0.4, -0.2) is 4.92 Å². The van der Waals surface area contributed by atoms with Crippen LogP contribution >= 0.6 is 43.2 Å². The van der Waals surface area contributed by atoms with Crippen LogP contribution in [0.25, 0.3) is 0 Å². The molecule has 0 fully saturated rings. The second kappa shape index (κ2) is 6.24. The normalized spacial score (nSPS) is 10.6. The van der Waals surface area contributed by atoms with E-state index in [1.807, 2.05) is 13.0 Å². The standard InChI is InChI=1S/C13H12Br2N2O2S/c1-7-4-12(17(18)19)8(2)3-11(7)16-6-9-5-10(14)13(15)20-9/h3-5,16H,6H2,1-2H3. The summed E-state index contributed by atoms with van der Waals surface area (Å²) in [6.45, 7) is 4.31. The number of hydrogen-bond donors (Lipinski definition) is 1. The smallest absolute Gasteiger partial charge is 0.272 e. The van der Waals surface area contributed by atoms with Crippen molar-refractivity contribution in [2.75, 3.05) is 5.32 Å². The first-order chi connectivity index (χ1) is 9.38. The summed E-state index contributed by atoms with van der Waals surface area (Å²) >= 11 is 8.57. The number of nitrogens with one attached hydrogen (secondary N) is 1. The van der Waals surface area contributed by atoms with Crippen LogP contribution < -0.4 is 5.32 Å². The summed E-state index contributed by atoms with van der Waals surface area (Å²) in [4.78, 5) is 11.7. The van der Waals surface area contributed by atoms with Gasteiger partial charge in [0, 0.05) is 33.2 Å². The molecule has 1 aromatic heterocycles. The second-order valence-corrected chi connectivity index (χ2v) is 7.71. The van der Waals surface area contributed by atoms with Crippen LogP contribution in [0.1, 0.15) is 16.0 Å². The fraction of sp³-hybridized carbons (Fsp3) is 0.231. The van der Waals surface area contributed by atoms with Gasteiger partial charge in [-0.3, -0.25) is 10.1 Å². The average molecular weight is 420 g/mol. The number of nitrogens with zero attached hydrogens (tertiary/aromatic N) is 1. The molecule has 2 aromatic rings. The number of rotatable bonds is 4. The first-order valence-electron chi connectivity index (χ1n) is 5.81. The number of nitro groups is 1. The van der Waals surface area contributed by atoms with Crippen molar-refractivity contribution in [3.8, 4) is 0 Å². The molecule has 4 nitrogen and oxygen atoms in total. The molecule has 106 valence electrons. The van der Waals surface area contributed by atoms with Crippen LogP contribution in [0.4, 0.5) is 11.4 Å². The fourth-order valence-corrected chi connectivity index (χ4v) is 3.97. The van der Waals surface area contributed by atoms with Crippen LogP contribution in [-0.2, 0) is 6.54 Å². The minimum absolute atomic E-state index is 0.162. The Morgan fingerprint density at radius 1 is 1.25 bits per heavy atom. The topological polar surface area (TPSA) is 55.2 Å². The highest BCUT2D eigenvalue weighted by Gasteiger charge is 2.13. The van der Waals surface area contributed by atoms with Crippen molar-refractivity contribution in [2.24, 2.45) is 0 Å². The lowest BCUT2D eigenvalue weighted by Crippen LogP contribution is -2.01. The van der Waals surface area contributed by atoms with Gasteiger partial charge in [-0.2, -0.15) is 0 Å². The molecule has 1 N–H and O–H groups in total. The molecule has 0 aliphatic heterocycles. The van der Waals surface area contributed by atoms with Crippen LogP contribution in [0.3, 0.4) is 0 Å². The maximum absolute atomic E-state index is 10.9. The van der Waals surface area contributed by atoms with Crippen LogP contribution in [0.5, 0.6) is 0 Å². The van der Waals surface area contributed by atoms with Gasteiger partial charge in [0.15, 0.2) is 0 Å². The molecule has 2 rings (SSSR count). The van der Waals surface area contributed by atoms with E-state index in [4.69, 9.17) is 0 Å². The lowest BCUT2D eigenvalue weighted by atomic mass is 10.1. The molecule has 0 radical (unpaired) electrons. The predicted molar refractivity (Wildman–Crippen MR) is 89.6 cm³/mol. The number of halogens is 2. The third-order valence-corrected chi connectivity index (χ3v) is 6.15. The van der Waals surface area contributed by atoms with E-state index in [1.54, 1.807) is 24.3 Å². The second-order valence-electron chi connectivity index (χ2n) is 4.40. The predicted octanol–water partition coefficient (Wildman–Crippen LogP) is 5.41. The van der Waals surface area contributed by atoms with E-state index < -0.39 is 0 Å². The van der Waals surface area contributed by atoms with Crippen molar-refractivity contribution in [3.63, 3.8) is 0 Å². The van der Waals surface area contributed by atoms with Crippen LogP contribution in [0.15, 0.2) is 26.5 Å². The Morgan fingerprint density at radius 3 is 2.50 bits per heavy atom. The molecule has 7 heteroatoms. The Balaban J connectivity index is 2.17. The minimum atomic E-state index is -0.348. The Bertz CT molecular complexity index is 651. The Labute approximate surface area is 137 Å². The first-order valence-corrected chi connectivity index (χ1v) is 8.22. The van der Waals surface area contributed by atoms with E-state index in [0.29, 0.717) is 12.1 Å². The van der Waals surface area contributed by atoms with Gasteiger partial charge in [-0.15, -0.1) is 11.3 Å². The van der Waals surface area contributed by atoms with Crippen molar-refractivity contribution >= 4 is 54.6 Å². The van der Waals surface area contributed by atoms with Crippen molar-refractivity contribution < 1.29 is 4.92 Å². The maximum Gasteiger partial charge on any atom is 0.272 e. The van der Waals surface area contributed by atoms with E-state index in [2.05, 4.69) is 43.2 Å². The fourth-order valence-electron chi connectivity index (χ4n) is 1.85. The zero-order valence-corrected chi connectivity index (χ0v) is 14.9. The van der Waals surface area contributed by atoms with E-state index in [1.165, 1.54) is 4.88 Å². The highest BCUT2D eigenvalue weighted by molar-refractivity contribution is 9.13. The lowest BCUT2D eigenvalue weighted by molar-refractivity contribution is -0.385. The number of aryl methyl sites for hydroxylation is 2. The summed E-state index contributed by atoms with van der Waals surface area (Å²) in [6, 6.07) is 5.48. The maximum atomic E-state index is 10.9. The van der Waals surface area contributed by atoms with Crippen LogP contribution in [0.2, 0.25) is 0 Å². The summed E-state index contributed by atoms with van der Waals surface area (Å²) in [6.07, 6.45) is 0. The third-order valence-electron chi connectivity index (χ3n) is 2.89. The van der Waals surface area contributed by atoms with Crippen molar-refractivity contribution in [3.05, 3.63) is 52.6 Å². The van der Waals surface area contributed by atoms with Gasteiger partial charge >= 0.3 is 0 Å². The van der Waals surface area contributed by atoms with E-state index >= 15 is 0 Å². The zero-order valence-electron chi connectivity index (χ0n) is 10.9. The largest absolute Gasteiger partial charge is 0.380 e. The molecule has 0 amide bonds. The molecule has 0 unspecified atom stereocenters. The molecular formula is C13H12Br2N2O2S. The molecule has 1 heterocycles. The van der Waals surface area contributed by atoms with Crippen molar-refractivity contribution in [2.45, 2.75) is 20.4 Å². The van der Waals surface area contributed by atoms with Gasteiger partial charge in [0.1, 0.15) is 0 Å². The molecule has 0 atom stereocenters. The molecule has 0 bridgehead atoms. The van der Waals surface area contributed by atoms with Crippen molar-refractivity contribution in [1.82, 2.24) is 0 Å². The summed E-state index contributed by atoms with van der Waals surface area (Å²) in [5.74, 6) is 0. The van der Waals surface area contributed by atoms with E-state index in [-0.39, 0.29) is 10.6 Å². The summed E-state index contributed by atoms with van der Waals surface area (Å²) in [5, 5.41) is 14.2. The summed E-state index contributed by atoms with van der Waals surface area (Å²) < 4.78 is 2.10. The van der Waals surface area contributed by atoms with E-state index in [0.717, 1.165) is 19.5 Å². The third kappa shape index (κ3) is 3.39. The van der Waals surface area contributed by atoms with Gasteiger partial charge in [-0.1, -0.05) is 0 Å². The molecule has 1 aromatic carbocycles. The van der Waals surface area contributed by atoms with Gasteiger partial charge < -0.3 is 5.32 Å². The molecule has 0 spiro atoms. The highest BCUT2D eigenvalue weighted by Crippen LogP contribution is 2.33. The van der Waals surface area contributed by atoms with Crippen molar-refractivity contribution in [1.29, 1.82) is 0 Å². The Morgan fingerprint density at radius 2 is 1.95 bits per heavy atom. The Hall–Kier alpha value is -0.920. The van der Waals surface area contributed by atoms with E-state index in [9.17, 15) is 10.1 Å². The molecule has 0 aliphatic carbocycles. The number of benzene rings is 1. The molecule has 0 aliphatic rings. The minimum Gasteiger partial charge on any atom is -0.380 e. The monoisotopic (exact) mass is 418 g/mol. The lowest BCUT2D eigenvalue weighted by Gasteiger charge is -2.10. The number of hydrogen-bond acceptors (Lipinski definition) is 4. The number of anilines is 1. The summed E-state index contributed by atoms with van der Waals surface area (Å²) in [7, 11) is 0. The van der Waals surface area contributed by atoms with Gasteiger partial charge in [0.2, 0.25) is 0 Å². The number of nitro benzene ring substituents is 1. The molecule has 0 saturated carbocycles. The molecule has 0 saturated heterocycles. The SMILES string of the molecule is Cc1cc([N+](=O)[O-])c(C)cc1NCc1cc(Br)c(Br)s1. The van der Waals surface area contributed by atoms with Gasteiger partial charge in [-0.05, 0) is 63.4 Å². The van der Waals surface area contributed by atoms with Gasteiger partial charge in [0.05, 0.1) is 8.71 Å². The van der Waals surface area contributed by atoms with Gasteiger partial charge in [0.25, 0.3) is 5.69 Å². The quantitative estimate of drug-likeness (QED) is 0.532. The molecule has 20 heavy (non-hydrogen) atoms. The Kier molecular flexibility index (Phi) is 4.82.